The van der Waals surface area contributed by atoms with Crippen molar-refractivity contribution in [1.29, 1.82) is 10.5 Å². The number of azo groups is 1. The van der Waals surface area contributed by atoms with Crippen molar-refractivity contribution in [2.45, 2.75) is 61.7 Å². The first-order valence-electron chi connectivity index (χ1n) is 8.69. The van der Waals surface area contributed by atoms with Gasteiger partial charge in [0.1, 0.15) is 11.8 Å². The van der Waals surface area contributed by atoms with Gasteiger partial charge in [0.25, 0.3) is 0 Å². The first kappa shape index (κ1) is 24.9. The van der Waals surface area contributed by atoms with E-state index in [4.69, 9.17) is 18.9 Å². The van der Waals surface area contributed by atoms with Crippen LogP contribution in [0, 0.1) is 22.7 Å². The molecule has 2 atom stereocenters. The maximum absolute atomic E-state index is 9.49. The summed E-state index contributed by atoms with van der Waals surface area (Å²) in [6, 6.07) is 6.12. The zero-order valence-electron chi connectivity index (χ0n) is 16.8. The highest BCUT2D eigenvalue weighted by Gasteiger charge is 2.28. The van der Waals surface area contributed by atoms with Gasteiger partial charge in [-0.05, 0) is 26.7 Å². The lowest BCUT2D eigenvalue weighted by Crippen LogP contribution is -2.28. The van der Waals surface area contributed by atoms with Gasteiger partial charge in [-0.15, -0.1) is 0 Å². The van der Waals surface area contributed by atoms with Crippen LogP contribution < -0.4 is 0 Å². The van der Waals surface area contributed by atoms with Gasteiger partial charge in [-0.3, -0.25) is 0 Å². The molecule has 0 aromatic carbocycles. The van der Waals surface area contributed by atoms with Crippen molar-refractivity contribution >= 4 is 19.0 Å². The number of hydrogen-bond acceptors (Lipinski definition) is 8. The maximum Gasteiger partial charge on any atom is 0.164 e. The molecule has 0 aliphatic heterocycles. The molecule has 0 N–H and O–H groups in total. The quantitative estimate of drug-likeness (QED) is 0.245. The van der Waals surface area contributed by atoms with Crippen LogP contribution in [0.5, 0.6) is 0 Å². The van der Waals surface area contributed by atoms with Crippen LogP contribution in [0.15, 0.2) is 10.2 Å². The summed E-state index contributed by atoms with van der Waals surface area (Å²) in [5.41, 5.74) is -1.87. The summed E-state index contributed by atoms with van der Waals surface area (Å²) in [6.07, 6.45) is 1.16. The smallest absolute Gasteiger partial charge is 0.164 e. The van der Waals surface area contributed by atoms with E-state index in [1.54, 1.807) is 42.3 Å². The molecule has 0 fully saturated rings. The van der Waals surface area contributed by atoms with Crippen LogP contribution in [-0.2, 0) is 18.9 Å². The van der Waals surface area contributed by atoms with Gasteiger partial charge in [-0.1, -0.05) is 12.1 Å². The molecule has 0 amide bonds. The van der Waals surface area contributed by atoms with Gasteiger partial charge >= 0.3 is 0 Å². The van der Waals surface area contributed by atoms with Gasteiger partial charge in [0.05, 0.1) is 31.2 Å². The number of nitrogens with zero attached hydrogens (tertiary/aromatic N) is 4. The van der Waals surface area contributed by atoms with E-state index in [-0.39, 0.29) is 11.8 Å². The summed E-state index contributed by atoms with van der Waals surface area (Å²) in [6.45, 7) is 3.50. The van der Waals surface area contributed by atoms with Crippen LogP contribution in [0.1, 0.15) is 26.7 Å². The first-order valence-corrected chi connectivity index (χ1v) is 12.3. The number of rotatable bonds is 14. The van der Waals surface area contributed by atoms with E-state index in [2.05, 4.69) is 22.4 Å². The summed E-state index contributed by atoms with van der Waals surface area (Å²) < 4.78 is 20.8. The molecule has 0 aliphatic rings. The van der Waals surface area contributed by atoms with Gasteiger partial charge in [-0.25, -0.2) is 0 Å². The van der Waals surface area contributed by atoms with Crippen molar-refractivity contribution in [3.05, 3.63) is 0 Å². The van der Waals surface area contributed by atoms with Crippen LogP contribution in [0.25, 0.3) is 0 Å². The van der Waals surface area contributed by atoms with Crippen LogP contribution in [0.2, 0.25) is 12.1 Å². The van der Waals surface area contributed by atoms with Crippen molar-refractivity contribution in [2.24, 2.45) is 10.2 Å². The molecule has 26 heavy (non-hydrogen) atoms. The van der Waals surface area contributed by atoms with Crippen LogP contribution >= 0.6 is 0 Å². The molecule has 2 unspecified atom stereocenters. The van der Waals surface area contributed by atoms with Crippen molar-refractivity contribution in [3.8, 4) is 12.1 Å². The van der Waals surface area contributed by atoms with E-state index in [1.807, 2.05) is 0 Å². The Morgan fingerprint density at radius 3 is 1.31 bits per heavy atom. The summed E-state index contributed by atoms with van der Waals surface area (Å²) in [4.78, 5) is 0. The highest BCUT2D eigenvalue weighted by atomic mass is 28.2. The Kier molecular flexibility index (Phi) is 12.5. The van der Waals surface area contributed by atoms with E-state index >= 15 is 0 Å². The molecule has 0 aromatic rings. The van der Waals surface area contributed by atoms with E-state index in [0.29, 0.717) is 12.8 Å². The second-order valence-electron chi connectivity index (χ2n) is 6.56. The fraction of sp³-hybridized carbons (Fsp3) is 0.875. The van der Waals surface area contributed by atoms with E-state index < -0.39 is 30.1 Å². The zero-order valence-corrected chi connectivity index (χ0v) is 19.6. The van der Waals surface area contributed by atoms with Gasteiger partial charge in [-0.2, -0.15) is 20.8 Å². The second kappa shape index (κ2) is 13.1. The molecule has 0 aromatic heterocycles. The Balaban J connectivity index is 4.74. The topological polar surface area (TPSA) is 109 Å². The summed E-state index contributed by atoms with van der Waals surface area (Å²) >= 11 is 0. The average molecular weight is 401 g/mol. The minimum Gasteiger partial charge on any atom is -0.360 e. The van der Waals surface area contributed by atoms with Gasteiger partial charge in [0.15, 0.2) is 11.1 Å². The molecule has 8 nitrogen and oxygen atoms in total. The van der Waals surface area contributed by atoms with Gasteiger partial charge < -0.3 is 18.9 Å². The zero-order chi connectivity index (χ0) is 20.1. The molecule has 0 radical (unpaired) electrons. The number of methoxy groups -OCH3 is 4. The fourth-order valence-electron chi connectivity index (χ4n) is 2.37. The monoisotopic (exact) mass is 400 g/mol. The first-order chi connectivity index (χ1) is 12.3. The lowest BCUT2D eigenvalue weighted by atomic mass is 10.0. The third kappa shape index (κ3) is 9.52. The van der Waals surface area contributed by atoms with Crippen LogP contribution in [-0.4, -0.2) is 70.4 Å². The average Bonchev–Trinajstić information content (AvgIpc) is 2.67. The minimum atomic E-state index is -0.934. The summed E-state index contributed by atoms with van der Waals surface area (Å²) in [5, 5.41) is 27.5. The highest BCUT2D eigenvalue weighted by Crippen LogP contribution is 2.24. The largest absolute Gasteiger partial charge is 0.360 e. The standard InChI is InChI=1S/C16H32N4O4Si2/c1-15(11-17,7-9-25-13(21-3)22-4)19-20-16(2,12-18)8-10-26-14(23-5)24-6/h13-14H,7-10,25-26H2,1-6H3/b20-19+. The molecular weight excluding hydrogens is 368 g/mol. The number of ether oxygens (including phenoxy) is 4. The minimum absolute atomic E-state index is 0.154. The Hall–Kier alpha value is -1.15. The van der Waals surface area contributed by atoms with Crippen molar-refractivity contribution < 1.29 is 18.9 Å². The SMILES string of the molecule is COC(OC)[SiH2]CCC(C)(C#N)/N=N/C(C)(C#N)CC[SiH2]C(OC)OC. The maximum atomic E-state index is 9.49. The molecule has 0 saturated heterocycles. The lowest BCUT2D eigenvalue weighted by molar-refractivity contribution is -0.0443. The predicted molar refractivity (Wildman–Crippen MR) is 104 cm³/mol. The van der Waals surface area contributed by atoms with E-state index in [9.17, 15) is 10.5 Å². The summed E-state index contributed by atoms with van der Waals surface area (Å²) in [7, 11) is 5.19. The molecule has 10 heteroatoms. The highest BCUT2D eigenvalue weighted by molar-refractivity contribution is 6.36. The van der Waals surface area contributed by atoms with E-state index in [1.165, 1.54) is 0 Å². The van der Waals surface area contributed by atoms with Crippen molar-refractivity contribution in [1.82, 2.24) is 0 Å². The molecule has 0 rings (SSSR count). The normalized spacial score (nSPS) is 17.3. The molecule has 148 valence electrons. The third-order valence-electron chi connectivity index (χ3n) is 4.23. The number of hydrogen-bond donors (Lipinski definition) is 0. The van der Waals surface area contributed by atoms with Gasteiger partial charge in [0.2, 0.25) is 0 Å². The Bertz CT molecular complexity index is 459. The molecule has 0 heterocycles. The molecule has 0 saturated carbocycles. The Morgan fingerprint density at radius 1 is 0.769 bits per heavy atom. The van der Waals surface area contributed by atoms with Crippen LogP contribution in [0.4, 0.5) is 0 Å². The Labute approximate surface area is 161 Å². The van der Waals surface area contributed by atoms with E-state index in [0.717, 1.165) is 12.1 Å². The summed E-state index contributed by atoms with van der Waals surface area (Å²) in [5.74, 6) is -0.308. The molecule has 0 spiro atoms. The third-order valence-corrected chi connectivity index (χ3v) is 8.03. The van der Waals surface area contributed by atoms with Crippen molar-refractivity contribution in [3.63, 3.8) is 0 Å². The Morgan fingerprint density at radius 2 is 1.08 bits per heavy atom. The molecule has 0 bridgehead atoms. The number of nitriles is 2. The second-order valence-corrected chi connectivity index (χ2v) is 10.5. The van der Waals surface area contributed by atoms with Crippen molar-refractivity contribution in [2.75, 3.05) is 28.4 Å². The van der Waals surface area contributed by atoms with Gasteiger partial charge in [0, 0.05) is 28.4 Å². The lowest BCUT2D eigenvalue weighted by Gasteiger charge is -2.21. The molecular formula is C16H32N4O4Si2. The molecule has 0 aliphatic carbocycles. The predicted octanol–water partition coefficient (Wildman–Crippen LogP) is 1.11. The fourth-order valence-corrected chi connectivity index (χ4v) is 5.76. The van der Waals surface area contributed by atoms with Crippen LogP contribution in [0.3, 0.4) is 0 Å².